The molecule has 0 bridgehead atoms. The molecule has 2 rings (SSSR count). The number of rotatable bonds is 1. The molecule has 0 unspecified atom stereocenters. The number of benzene rings is 1. The summed E-state index contributed by atoms with van der Waals surface area (Å²) in [5, 5.41) is 3.45. The van der Waals surface area contributed by atoms with E-state index in [2.05, 4.69) is 21.2 Å². The van der Waals surface area contributed by atoms with Crippen molar-refractivity contribution in [1.29, 1.82) is 0 Å². The van der Waals surface area contributed by atoms with Gasteiger partial charge >= 0.3 is 6.09 Å². The summed E-state index contributed by atoms with van der Waals surface area (Å²) >= 11 is 9.47. The summed E-state index contributed by atoms with van der Waals surface area (Å²) in [4.78, 5) is 11.9. The number of fused-ring (bicyclic) bond motifs is 1. The number of halogens is 2. The number of alkyl carbamates (subject to hydrolysis) is 1. The maximum Gasteiger partial charge on any atom is 0.408 e. The number of nitrogens with one attached hydrogen (secondary N) is 1. The molecular weight excluding hydrogens is 346 g/mol. The van der Waals surface area contributed by atoms with E-state index >= 15 is 0 Å². The number of amides is 1. The molecule has 1 aliphatic heterocycles. The summed E-state index contributed by atoms with van der Waals surface area (Å²) in [5.41, 5.74) is 0.352. The van der Waals surface area contributed by atoms with Crippen LogP contribution in [0.15, 0.2) is 16.6 Å². The first-order chi connectivity index (χ1) is 9.26. The lowest BCUT2D eigenvalue weighted by Gasteiger charge is -2.28. The number of hydrogen-bond donors (Lipinski definition) is 1. The number of ether oxygens (including phenoxy) is 2. The lowest BCUT2D eigenvalue weighted by Crippen LogP contribution is -2.36. The van der Waals surface area contributed by atoms with Crippen LogP contribution in [0.5, 0.6) is 5.75 Å². The monoisotopic (exact) mass is 361 g/mol. The zero-order chi connectivity index (χ0) is 14.9. The molecule has 110 valence electrons. The molecule has 1 atom stereocenters. The minimum Gasteiger partial charge on any atom is -0.493 e. The predicted octanol–water partition coefficient (Wildman–Crippen LogP) is 4.45. The first-order valence-electron chi connectivity index (χ1n) is 6.37. The molecular formula is C14H17BrClNO3. The Morgan fingerprint density at radius 3 is 2.85 bits per heavy atom. The van der Waals surface area contributed by atoms with Crippen LogP contribution in [0, 0.1) is 0 Å². The highest BCUT2D eigenvalue weighted by molar-refractivity contribution is 9.10. The molecule has 0 saturated carbocycles. The summed E-state index contributed by atoms with van der Waals surface area (Å²) in [6.45, 7) is 6.04. The van der Waals surface area contributed by atoms with E-state index in [9.17, 15) is 4.79 Å². The van der Waals surface area contributed by atoms with Gasteiger partial charge in [0.25, 0.3) is 0 Å². The van der Waals surface area contributed by atoms with Crippen molar-refractivity contribution < 1.29 is 14.3 Å². The quantitative estimate of drug-likeness (QED) is 0.803. The van der Waals surface area contributed by atoms with E-state index in [4.69, 9.17) is 21.1 Å². The Kier molecular flexibility index (Phi) is 4.49. The molecule has 20 heavy (non-hydrogen) atoms. The van der Waals surface area contributed by atoms with Crippen LogP contribution in [0.2, 0.25) is 5.02 Å². The van der Waals surface area contributed by atoms with Gasteiger partial charge in [0.1, 0.15) is 11.4 Å². The van der Waals surface area contributed by atoms with Gasteiger partial charge in [-0.3, -0.25) is 0 Å². The van der Waals surface area contributed by atoms with Gasteiger partial charge in [0.15, 0.2) is 0 Å². The molecule has 1 aromatic carbocycles. The zero-order valence-electron chi connectivity index (χ0n) is 11.6. The van der Waals surface area contributed by atoms with Gasteiger partial charge in [-0.2, -0.15) is 0 Å². The second kappa shape index (κ2) is 5.82. The molecule has 0 fully saturated rings. The minimum absolute atomic E-state index is 0.154. The van der Waals surface area contributed by atoms with Crippen molar-refractivity contribution in [2.24, 2.45) is 0 Å². The molecule has 0 saturated heterocycles. The van der Waals surface area contributed by atoms with Crippen molar-refractivity contribution in [2.45, 2.75) is 38.8 Å². The Balaban J connectivity index is 2.16. The Morgan fingerprint density at radius 1 is 1.50 bits per heavy atom. The predicted molar refractivity (Wildman–Crippen MR) is 81.4 cm³/mol. The molecule has 0 spiro atoms. The van der Waals surface area contributed by atoms with Gasteiger partial charge in [-0.1, -0.05) is 11.6 Å². The van der Waals surface area contributed by atoms with Crippen LogP contribution < -0.4 is 10.1 Å². The second-order valence-electron chi connectivity index (χ2n) is 5.64. The Morgan fingerprint density at radius 2 is 2.20 bits per heavy atom. The van der Waals surface area contributed by atoms with Gasteiger partial charge < -0.3 is 14.8 Å². The van der Waals surface area contributed by atoms with E-state index in [0.29, 0.717) is 18.1 Å². The molecule has 0 aromatic heterocycles. The van der Waals surface area contributed by atoms with E-state index < -0.39 is 11.7 Å². The third-order valence-electron chi connectivity index (χ3n) is 2.78. The highest BCUT2D eigenvalue weighted by Crippen LogP contribution is 2.38. The van der Waals surface area contributed by atoms with Gasteiger partial charge in [0, 0.05) is 16.5 Å². The largest absolute Gasteiger partial charge is 0.493 e. The van der Waals surface area contributed by atoms with E-state index in [1.807, 2.05) is 32.9 Å². The van der Waals surface area contributed by atoms with E-state index in [1.54, 1.807) is 0 Å². The average molecular weight is 363 g/mol. The van der Waals surface area contributed by atoms with Gasteiger partial charge in [-0.25, -0.2) is 4.79 Å². The Bertz CT molecular complexity index is 528. The maximum absolute atomic E-state index is 11.9. The third-order valence-corrected chi connectivity index (χ3v) is 3.98. The molecule has 4 nitrogen and oxygen atoms in total. The van der Waals surface area contributed by atoms with Crippen LogP contribution in [0.1, 0.15) is 38.8 Å². The second-order valence-corrected chi connectivity index (χ2v) is 6.90. The molecule has 1 amide bonds. The number of hydrogen-bond acceptors (Lipinski definition) is 3. The lowest BCUT2D eigenvalue weighted by atomic mass is 10.0. The van der Waals surface area contributed by atoms with E-state index in [0.717, 1.165) is 15.8 Å². The summed E-state index contributed by atoms with van der Waals surface area (Å²) in [6.07, 6.45) is 0.249. The molecule has 6 heteroatoms. The molecule has 1 aliphatic rings. The number of carbonyl (C=O) groups excluding carboxylic acids is 1. The van der Waals surface area contributed by atoms with Crippen LogP contribution in [0.25, 0.3) is 0 Å². The molecule has 0 radical (unpaired) electrons. The summed E-state index contributed by atoms with van der Waals surface area (Å²) in [7, 11) is 0. The van der Waals surface area contributed by atoms with E-state index in [-0.39, 0.29) is 6.04 Å². The van der Waals surface area contributed by atoms with Gasteiger partial charge in [0.05, 0.1) is 17.7 Å². The van der Waals surface area contributed by atoms with Gasteiger partial charge in [0.2, 0.25) is 0 Å². The van der Waals surface area contributed by atoms with Crippen molar-refractivity contribution in [3.05, 3.63) is 27.2 Å². The highest BCUT2D eigenvalue weighted by atomic mass is 79.9. The Labute approximate surface area is 131 Å². The average Bonchev–Trinajstić information content (AvgIpc) is 2.29. The van der Waals surface area contributed by atoms with Crippen LogP contribution in [-0.2, 0) is 4.74 Å². The molecule has 1 aromatic rings. The number of carbonyl (C=O) groups is 1. The van der Waals surface area contributed by atoms with Crippen LogP contribution in [0.4, 0.5) is 4.79 Å². The van der Waals surface area contributed by atoms with Crippen molar-refractivity contribution >= 4 is 33.6 Å². The minimum atomic E-state index is -0.518. The van der Waals surface area contributed by atoms with Crippen LogP contribution >= 0.6 is 27.5 Å². The normalized spacial score (nSPS) is 17.9. The summed E-state index contributed by atoms with van der Waals surface area (Å²) < 4.78 is 11.6. The smallest absolute Gasteiger partial charge is 0.408 e. The SMILES string of the molecule is CC(C)(C)OC(=O)N[C@@H]1CCOc2cc(Br)c(Cl)cc21. The fraction of sp³-hybridized carbons (Fsp3) is 0.500. The van der Waals surface area contributed by atoms with Crippen LogP contribution in [0.3, 0.4) is 0 Å². The first-order valence-corrected chi connectivity index (χ1v) is 7.54. The van der Waals surface area contributed by atoms with Gasteiger partial charge in [-0.05, 0) is 48.8 Å². The molecule has 0 aliphatic carbocycles. The highest BCUT2D eigenvalue weighted by Gasteiger charge is 2.26. The molecule has 1 heterocycles. The topological polar surface area (TPSA) is 47.6 Å². The van der Waals surface area contributed by atoms with Crippen LogP contribution in [-0.4, -0.2) is 18.3 Å². The van der Waals surface area contributed by atoms with Gasteiger partial charge in [-0.15, -0.1) is 0 Å². The fourth-order valence-corrected chi connectivity index (χ4v) is 2.48. The zero-order valence-corrected chi connectivity index (χ0v) is 14.0. The fourth-order valence-electron chi connectivity index (χ4n) is 1.98. The van der Waals surface area contributed by atoms with E-state index in [1.165, 1.54) is 0 Å². The van der Waals surface area contributed by atoms with Crippen molar-refractivity contribution in [2.75, 3.05) is 6.61 Å². The van der Waals surface area contributed by atoms with Crippen molar-refractivity contribution in [3.8, 4) is 5.75 Å². The molecule has 1 N–H and O–H groups in total. The lowest BCUT2D eigenvalue weighted by molar-refractivity contribution is 0.0491. The first kappa shape index (κ1) is 15.4. The van der Waals surface area contributed by atoms with Crippen molar-refractivity contribution in [3.63, 3.8) is 0 Å². The third kappa shape index (κ3) is 3.79. The summed E-state index contributed by atoms with van der Waals surface area (Å²) in [6, 6.07) is 3.47. The summed E-state index contributed by atoms with van der Waals surface area (Å²) in [5.74, 6) is 0.730. The van der Waals surface area contributed by atoms with Crippen molar-refractivity contribution in [1.82, 2.24) is 5.32 Å². The maximum atomic E-state index is 11.9. The Hall–Kier alpha value is -0.940. The standard InChI is InChI=1S/C14H17BrClNO3/c1-14(2,3)20-13(18)17-11-4-5-19-12-7-9(15)10(16)6-8(11)12/h6-7,11H,4-5H2,1-3H3,(H,17,18)/t11-/m1/s1.